The van der Waals surface area contributed by atoms with Gasteiger partial charge in [-0.2, -0.15) is 0 Å². The van der Waals surface area contributed by atoms with Gasteiger partial charge in [0.25, 0.3) is 0 Å². The third kappa shape index (κ3) is 6.86. The summed E-state index contributed by atoms with van der Waals surface area (Å²) in [5, 5.41) is 3.02. The molecule has 1 aromatic carbocycles. The summed E-state index contributed by atoms with van der Waals surface area (Å²) in [6.45, 7) is -0.292. The van der Waals surface area contributed by atoms with Gasteiger partial charge in [-0.3, -0.25) is 14.4 Å². The van der Waals surface area contributed by atoms with Gasteiger partial charge in [0.05, 0.1) is 7.11 Å². The zero-order chi connectivity index (χ0) is 18.8. The van der Waals surface area contributed by atoms with Crippen LogP contribution < -0.4 is 10.1 Å². The average Bonchev–Trinajstić information content (AvgIpc) is 2.67. The molecule has 0 atom stereocenters. The fraction of sp³-hybridized carbons (Fsp3) is 0.550. The lowest BCUT2D eigenvalue weighted by atomic mass is 9.95. The maximum absolute atomic E-state index is 12.0. The van der Waals surface area contributed by atoms with E-state index in [2.05, 4.69) is 5.32 Å². The Kier molecular flexibility index (Phi) is 8.12. The van der Waals surface area contributed by atoms with Crippen molar-refractivity contribution in [3.8, 4) is 5.75 Å². The van der Waals surface area contributed by atoms with E-state index in [1.807, 2.05) is 0 Å². The monoisotopic (exact) mass is 361 g/mol. The number of carbonyl (C=O) groups excluding carboxylic acids is 3. The van der Waals surface area contributed by atoms with Gasteiger partial charge in [-0.25, -0.2) is 0 Å². The van der Waals surface area contributed by atoms with E-state index < -0.39 is 5.97 Å². The second-order valence-electron chi connectivity index (χ2n) is 6.57. The van der Waals surface area contributed by atoms with Gasteiger partial charge in [-0.05, 0) is 43.5 Å². The smallest absolute Gasteiger partial charge is 0.306 e. The molecule has 0 radical (unpaired) electrons. The normalized spacial score (nSPS) is 14.5. The van der Waals surface area contributed by atoms with Gasteiger partial charge in [-0.15, -0.1) is 0 Å². The second kappa shape index (κ2) is 10.6. The van der Waals surface area contributed by atoms with Gasteiger partial charge >= 0.3 is 5.97 Å². The van der Waals surface area contributed by atoms with E-state index in [-0.39, 0.29) is 30.8 Å². The summed E-state index contributed by atoms with van der Waals surface area (Å²) in [4.78, 5) is 35.6. The predicted molar refractivity (Wildman–Crippen MR) is 97.2 cm³/mol. The van der Waals surface area contributed by atoms with E-state index in [0.29, 0.717) is 24.2 Å². The van der Waals surface area contributed by atoms with E-state index in [1.165, 1.54) is 19.3 Å². The third-order valence-corrected chi connectivity index (χ3v) is 4.53. The first-order chi connectivity index (χ1) is 12.6. The van der Waals surface area contributed by atoms with Crippen molar-refractivity contribution in [3.05, 3.63) is 29.8 Å². The van der Waals surface area contributed by atoms with Crippen molar-refractivity contribution in [2.75, 3.05) is 13.7 Å². The molecule has 0 spiro atoms. The van der Waals surface area contributed by atoms with Crippen LogP contribution in [0.4, 0.5) is 0 Å². The Morgan fingerprint density at radius 2 is 1.73 bits per heavy atom. The summed E-state index contributed by atoms with van der Waals surface area (Å²) >= 11 is 0. The Morgan fingerprint density at radius 1 is 1.04 bits per heavy atom. The number of nitrogens with one attached hydrogen (secondary N) is 1. The van der Waals surface area contributed by atoms with Gasteiger partial charge in [0.15, 0.2) is 12.4 Å². The number of rotatable bonds is 9. The zero-order valence-electron chi connectivity index (χ0n) is 15.3. The fourth-order valence-electron chi connectivity index (χ4n) is 3.02. The van der Waals surface area contributed by atoms with Crippen LogP contribution in [0.15, 0.2) is 24.3 Å². The van der Waals surface area contributed by atoms with Gasteiger partial charge in [0.2, 0.25) is 5.91 Å². The highest BCUT2D eigenvalue weighted by molar-refractivity contribution is 5.98. The summed E-state index contributed by atoms with van der Waals surface area (Å²) in [6.07, 6.45) is 6.52. The summed E-state index contributed by atoms with van der Waals surface area (Å²) in [5.74, 6) is -0.0857. The number of amides is 1. The highest BCUT2D eigenvalue weighted by Crippen LogP contribution is 2.17. The van der Waals surface area contributed by atoms with Gasteiger partial charge < -0.3 is 14.8 Å². The number of methoxy groups -OCH3 is 1. The topological polar surface area (TPSA) is 81.7 Å². The molecule has 0 aromatic heterocycles. The van der Waals surface area contributed by atoms with Crippen molar-refractivity contribution in [2.24, 2.45) is 0 Å². The number of hydrogen-bond acceptors (Lipinski definition) is 5. The fourth-order valence-corrected chi connectivity index (χ4v) is 3.02. The Morgan fingerprint density at radius 3 is 2.38 bits per heavy atom. The molecular weight excluding hydrogens is 334 g/mol. The Hall–Kier alpha value is -2.37. The number of esters is 1. The van der Waals surface area contributed by atoms with E-state index in [1.54, 1.807) is 31.4 Å². The quantitative estimate of drug-likeness (QED) is 0.540. The third-order valence-electron chi connectivity index (χ3n) is 4.53. The van der Waals surface area contributed by atoms with Crippen molar-refractivity contribution < 1.29 is 23.9 Å². The number of carbonyl (C=O) groups is 3. The molecule has 1 aliphatic carbocycles. The van der Waals surface area contributed by atoms with Crippen molar-refractivity contribution in [2.45, 2.75) is 57.4 Å². The summed E-state index contributed by atoms with van der Waals surface area (Å²) in [5.41, 5.74) is 0.463. The minimum Gasteiger partial charge on any atom is -0.497 e. The van der Waals surface area contributed by atoms with E-state index in [9.17, 15) is 14.4 Å². The summed E-state index contributed by atoms with van der Waals surface area (Å²) in [7, 11) is 1.55. The molecule has 0 bridgehead atoms. The molecule has 0 aliphatic heterocycles. The Balaban J connectivity index is 1.60. The molecule has 1 aliphatic rings. The molecule has 26 heavy (non-hydrogen) atoms. The molecule has 6 heteroatoms. The van der Waals surface area contributed by atoms with Crippen molar-refractivity contribution >= 4 is 17.7 Å². The van der Waals surface area contributed by atoms with E-state index in [4.69, 9.17) is 9.47 Å². The van der Waals surface area contributed by atoms with E-state index in [0.717, 1.165) is 12.8 Å². The number of Topliss-reactive ketones (excluding diaryl/α,β-unsaturated/α-hetero) is 1. The number of ketones is 1. The summed E-state index contributed by atoms with van der Waals surface area (Å²) in [6, 6.07) is 6.90. The molecule has 2 rings (SSSR count). The van der Waals surface area contributed by atoms with Crippen molar-refractivity contribution in [1.82, 2.24) is 5.32 Å². The average molecular weight is 361 g/mol. The molecule has 0 heterocycles. The summed E-state index contributed by atoms with van der Waals surface area (Å²) < 4.78 is 10.0. The number of ether oxygens (including phenoxy) is 2. The van der Waals surface area contributed by atoms with Crippen LogP contribution in [0.5, 0.6) is 5.75 Å². The molecule has 1 saturated carbocycles. The standard InChI is InChI=1S/C20H27NO5/c1-25-17-12-10-15(11-13-17)18(22)14-26-20(24)9-5-8-19(23)21-16-6-3-2-4-7-16/h10-13,16H,2-9,14H2,1H3,(H,21,23). The molecule has 1 amide bonds. The highest BCUT2D eigenvalue weighted by atomic mass is 16.5. The largest absolute Gasteiger partial charge is 0.497 e. The van der Waals surface area contributed by atoms with Crippen LogP contribution in [-0.4, -0.2) is 37.4 Å². The second-order valence-corrected chi connectivity index (χ2v) is 6.57. The lowest BCUT2D eigenvalue weighted by Crippen LogP contribution is -2.36. The zero-order valence-corrected chi connectivity index (χ0v) is 15.3. The molecule has 1 N–H and O–H groups in total. The Labute approximate surface area is 154 Å². The highest BCUT2D eigenvalue weighted by Gasteiger charge is 2.16. The molecule has 1 aromatic rings. The molecular formula is C20H27NO5. The first kappa shape index (κ1) is 19.9. The maximum atomic E-state index is 12.0. The van der Waals surface area contributed by atoms with Gasteiger partial charge in [-0.1, -0.05) is 19.3 Å². The van der Waals surface area contributed by atoms with Gasteiger partial charge in [0, 0.05) is 24.4 Å². The molecule has 142 valence electrons. The van der Waals surface area contributed by atoms with E-state index >= 15 is 0 Å². The predicted octanol–water partition coefficient (Wildman–Crippen LogP) is 3.04. The van der Waals surface area contributed by atoms with Crippen LogP contribution in [0.3, 0.4) is 0 Å². The van der Waals surface area contributed by atoms with Crippen LogP contribution >= 0.6 is 0 Å². The first-order valence-electron chi connectivity index (χ1n) is 9.20. The van der Waals surface area contributed by atoms with Crippen LogP contribution in [0, 0.1) is 0 Å². The number of benzene rings is 1. The van der Waals surface area contributed by atoms with Crippen molar-refractivity contribution in [3.63, 3.8) is 0 Å². The van der Waals surface area contributed by atoms with Crippen LogP contribution in [0.25, 0.3) is 0 Å². The van der Waals surface area contributed by atoms with Crippen molar-refractivity contribution in [1.29, 1.82) is 0 Å². The Bertz CT molecular complexity index is 605. The van der Waals surface area contributed by atoms with Crippen LogP contribution in [0.1, 0.15) is 61.7 Å². The molecule has 0 unspecified atom stereocenters. The van der Waals surface area contributed by atoms with Crippen LogP contribution in [0.2, 0.25) is 0 Å². The lowest BCUT2D eigenvalue weighted by molar-refractivity contribution is -0.142. The van der Waals surface area contributed by atoms with Crippen LogP contribution in [-0.2, 0) is 14.3 Å². The SMILES string of the molecule is COc1ccc(C(=O)COC(=O)CCCC(=O)NC2CCCCC2)cc1. The van der Waals surface area contributed by atoms with Gasteiger partial charge in [0.1, 0.15) is 5.75 Å². The maximum Gasteiger partial charge on any atom is 0.306 e. The molecule has 6 nitrogen and oxygen atoms in total. The minimum atomic E-state index is -0.461. The molecule has 0 saturated heterocycles. The lowest BCUT2D eigenvalue weighted by Gasteiger charge is -2.22. The first-order valence-corrected chi connectivity index (χ1v) is 9.20. The minimum absolute atomic E-state index is 0.0148. The molecule has 1 fully saturated rings. The number of hydrogen-bond donors (Lipinski definition) is 1.